The zero-order valence-corrected chi connectivity index (χ0v) is 13.7. The third-order valence-corrected chi connectivity index (χ3v) is 4.83. The van der Waals surface area contributed by atoms with Gasteiger partial charge in [0.1, 0.15) is 0 Å². The van der Waals surface area contributed by atoms with E-state index >= 15 is 0 Å². The van der Waals surface area contributed by atoms with Crippen molar-refractivity contribution in [3.63, 3.8) is 0 Å². The quantitative estimate of drug-likeness (QED) is 0.778. The van der Waals surface area contributed by atoms with Crippen LogP contribution in [0, 0.1) is 0 Å². The highest BCUT2D eigenvalue weighted by Crippen LogP contribution is 2.25. The number of anilines is 1. The van der Waals surface area contributed by atoms with Crippen molar-refractivity contribution in [1.29, 1.82) is 0 Å². The van der Waals surface area contributed by atoms with Gasteiger partial charge in [-0.2, -0.15) is 12.7 Å². The predicted octanol–water partition coefficient (Wildman–Crippen LogP) is 2.54. The molecule has 1 aromatic carbocycles. The van der Waals surface area contributed by atoms with Crippen LogP contribution in [0.4, 0.5) is 5.69 Å². The summed E-state index contributed by atoms with van der Waals surface area (Å²) in [7, 11) is -2.14. The van der Waals surface area contributed by atoms with Crippen molar-refractivity contribution >= 4 is 37.8 Å². The molecule has 112 valence electrons. The summed E-state index contributed by atoms with van der Waals surface area (Å²) in [5, 5.41) is 8.85. The number of nitrogens with zero attached hydrogens (tertiary/aromatic N) is 1. The molecule has 0 saturated heterocycles. The normalized spacial score (nSPS) is 11.6. The third kappa shape index (κ3) is 4.46. The molecule has 0 aliphatic heterocycles. The average molecular weight is 365 g/mol. The predicted molar refractivity (Wildman–Crippen MR) is 81.2 cm³/mol. The number of nitrogens with one attached hydrogen (secondary N) is 1. The molecule has 2 N–H and O–H groups in total. The lowest BCUT2D eigenvalue weighted by Gasteiger charge is -2.18. The molecule has 0 unspecified atom stereocenters. The molecule has 1 rings (SSSR count). The van der Waals surface area contributed by atoms with E-state index in [0.29, 0.717) is 16.7 Å². The first-order valence-corrected chi connectivity index (χ1v) is 8.28. The summed E-state index contributed by atoms with van der Waals surface area (Å²) in [5.74, 6) is -1.07. The molecule has 1 aromatic rings. The van der Waals surface area contributed by atoms with E-state index < -0.39 is 16.2 Å². The molecule has 0 spiro atoms. The number of carboxylic acids is 1. The van der Waals surface area contributed by atoms with E-state index in [-0.39, 0.29) is 5.56 Å². The summed E-state index contributed by atoms with van der Waals surface area (Å²) in [5.41, 5.74) is 0.387. The fourth-order valence-corrected chi connectivity index (χ4v) is 3.04. The van der Waals surface area contributed by atoms with Crippen LogP contribution >= 0.6 is 15.9 Å². The SMILES string of the molecule is CCCCN(C)S(=O)(=O)Nc1ccc(C(=O)O)cc1Br. The molecule has 20 heavy (non-hydrogen) atoms. The van der Waals surface area contributed by atoms with Gasteiger partial charge in [-0.25, -0.2) is 4.79 Å². The van der Waals surface area contributed by atoms with E-state index in [9.17, 15) is 13.2 Å². The fourth-order valence-electron chi connectivity index (χ4n) is 1.45. The number of unbranched alkanes of at least 4 members (excludes halogenated alkanes) is 1. The second-order valence-corrected chi connectivity index (χ2v) is 6.91. The van der Waals surface area contributed by atoms with Gasteiger partial charge in [0, 0.05) is 18.1 Å². The number of carboxylic acid groups (broad SMARTS) is 1. The van der Waals surface area contributed by atoms with E-state index in [4.69, 9.17) is 5.11 Å². The summed E-state index contributed by atoms with van der Waals surface area (Å²) in [6.45, 7) is 2.41. The molecule has 0 atom stereocenters. The minimum Gasteiger partial charge on any atom is -0.478 e. The van der Waals surface area contributed by atoms with Gasteiger partial charge in [-0.3, -0.25) is 4.72 Å². The van der Waals surface area contributed by atoms with Crippen molar-refractivity contribution in [2.24, 2.45) is 0 Å². The maximum atomic E-state index is 12.1. The Morgan fingerprint density at radius 1 is 1.45 bits per heavy atom. The van der Waals surface area contributed by atoms with E-state index in [1.165, 1.54) is 29.6 Å². The van der Waals surface area contributed by atoms with E-state index in [0.717, 1.165) is 12.8 Å². The summed E-state index contributed by atoms with van der Waals surface area (Å²) >= 11 is 3.16. The van der Waals surface area contributed by atoms with Crippen molar-refractivity contribution in [3.05, 3.63) is 28.2 Å². The molecule has 0 aliphatic rings. The number of aromatic carboxylic acids is 1. The summed E-state index contributed by atoms with van der Waals surface area (Å²) < 4.78 is 28.1. The fraction of sp³-hybridized carbons (Fsp3) is 0.417. The zero-order chi connectivity index (χ0) is 15.3. The second-order valence-electron chi connectivity index (χ2n) is 4.28. The Balaban J connectivity index is 2.90. The van der Waals surface area contributed by atoms with Crippen LogP contribution in [0.15, 0.2) is 22.7 Å². The van der Waals surface area contributed by atoms with Gasteiger partial charge in [0.05, 0.1) is 11.3 Å². The number of hydrogen-bond donors (Lipinski definition) is 2. The number of rotatable bonds is 7. The van der Waals surface area contributed by atoms with E-state index in [2.05, 4.69) is 20.7 Å². The summed E-state index contributed by atoms with van der Waals surface area (Å²) in [6, 6.07) is 4.11. The van der Waals surface area contributed by atoms with Gasteiger partial charge in [0.25, 0.3) is 0 Å². The lowest BCUT2D eigenvalue weighted by Crippen LogP contribution is -2.33. The summed E-state index contributed by atoms with van der Waals surface area (Å²) in [6.07, 6.45) is 1.67. The number of benzene rings is 1. The molecule has 0 amide bonds. The van der Waals surface area contributed by atoms with Gasteiger partial charge in [0.15, 0.2) is 0 Å². The maximum absolute atomic E-state index is 12.1. The van der Waals surface area contributed by atoms with Crippen LogP contribution in [0.3, 0.4) is 0 Å². The largest absolute Gasteiger partial charge is 0.478 e. The molecule has 0 radical (unpaired) electrons. The van der Waals surface area contributed by atoms with Gasteiger partial charge in [0.2, 0.25) is 0 Å². The molecule has 0 fully saturated rings. The van der Waals surface area contributed by atoms with Crippen LogP contribution in [0.1, 0.15) is 30.1 Å². The highest BCUT2D eigenvalue weighted by molar-refractivity contribution is 9.10. The van der Waals surface area contributed by atoms with Gasteiger partial charge < -0.3 is 5.11 Å². The first-order valence-electron chi connectivity index (χ1n) is 6.05. The van der Waals surface area contributed by atoms with Crippen LogP contribution in [0.2, 0.25) is 0 Å². The van der Waals surface area contributed by atoms with Crippen molar-refractivity contribution in [3.8, 4) is 0 Å². The van der Waals surface area contributed by atoms with Crippen LogP contribution in [-0.2, 0) is 10.2 Å². The number of carbonyl (C=O) groups is 1. The van der Waals surface area contributed by atoms with Crippen molar-refractivity contribution in [2.75, 3.05) is 18.3 Å². The molecule has 0 aromatic heterocycles. The Morgan fingerprint density at radius 3 is 2.60 bits per heavy atom. The van der Waals surface area contributed by atoms with E-state index in [1.54, 1.807) is 0 Å². The topological polar surface area (TPSA) is 86.7 Å². The molecule has 0 bridgehead atoms. The van der Waals surface area contributed by atoms with Crippen molar-refractivity contribution in [2.45, 2.75) is 19.8 Å². The van der Waals surface area contributed by atoms with Crippen LogP contribution in [-0.4, -0.2) is 37.4 Å². The van der Waals surface area contributed by atoms with Crippen molar-refractivity contribution < 1.29 is 18.3 Å². The second kappa shape index (κ2) is 7.05. The molecule has 6 nitrogen and oxygen atoms in total. The minimum absolute atomic E-state index is 0.0826. The number of halogens is 1. The lowest BCUT2D eigenvalue weighted by molar-refractivity contribution is 0.0697. The Hall–Kier alpha value is -1.12. The Morgan fingerprint density at radius 2 is 2.10 bits per heavy atom. The molecule has 0 aliphatic carbocycles. The zero-order valence-electron chi connectivity index (χ0n) is 11.3. The molecule has 0 heterocycles. The molecular formula is C12H17BrN2O4S. The molecule has 8 heteroatoms. The van der Waals surface area contributed by atoms with Gasteiger partial charge in [-0.1, -0.05) is 13.3 Å². The summed E-state index contributed by atoms with van der Waals surface area (Å²) in [4.78, 5) is 10.8. The van der Waals surface area contributed by atoms with Crippen LogP contribution < -0.4 is 4.72 Å². The Bertz CT molecular complexity index is 589. The smallest absolute Gasteiger partial charge is 0.335 e. The van der Waals surface area contributed by atoms with Gasteiger partial charge in [-0.15, -0.1) is 0 Å². The number of hydrogen-bond acceptors (Lipinski definition) is 3. The highest BCUT2D eigenvalue weighted by Gasteiger charge is 2.18. The first kappa shape index (κ1) is 16.9. The molecule has 0 saturated carbocycles. The minimum atomic E-state index is -3.64. The van der Waals surface area contributed by atoms with Crippen LogP contribution in [0.5, 0.6) is 0 Å². The monoisotopic (exact) mass is 364 g/mol. The molecular weight excluding hydrogens is 348 g/mol. The third-order valence-electron chi connectivity index (χ3n) is 2.69. The first-order chi connectivity index (χ1) is 9.27. The Kier molecular flexibility index (Phi) is 5.97. The standard InChI is InChI=1S/C12H17BrN2O4S/c1-3-4-7-15(2)20(18,19)14-11-6-5-9(12(16)17)8-10(11)13/h5-6,8,14H,3-4,7H2,1-2H3,(H,16,17). The van der Waals surface area contributed by atoms with Gasteiger partial charge in [-0.05, 0) is 40.5 Å². The highest BCUT2D eigenvalue weighted by atomic mass is 79.9. The van der Waals surface area contributed by atoms with Gasteiger partial charge >= 0.3 is 16.2 Å². The maximum Gasteiger partial charge on any atom is 0.335 e. The van der Waals surface area contributed by atoms with E-state index in [1.807, 2.05) is 6.92 Å². The average Bonchev–Trinajstić information content (AvgIpc) is 2.37. The lowest BCUT2D eigenvalue weighted by atomic mass is 10.2. The Labute approximate surface area is 127 Å². The van der Waals surface area contributed by atoms with Crippen LogP contribution in [0.25, 0.3) is 0 Å². The van der Waals surface area contributed by atoms with Crippen molar-refractivity contribution in [1.82, 2.24) is 4.31 Å².